The molecule has 0 saturated heterocycles. The van der Waals surface area contributed by atoms with Gasteiger partial charge in [0.2, 0.25) is -0.379 Å². The van der Waals surface area contributed by atoms with Crippen LogP contribution in [0.25, 0.3) is 0 Å². The minimum atomic E-state index is -0.194. The molecule has 110 valence electrons. The van der Waals surface area contributed by atoms with Gasteiger partial charge >= 0.3 is 0 Å². The predicted molar refractivity (Wildman–Crippen MR) is 112 cm³/mol. The topological polar surface area (TPSA) is 35.0 Å². The molecule has 0 radical (unpaired) electrons. The highest BCUT2D eigenvalue weighted by Gasteiger charge is 2.16. The van der Waals surface area contributed by atoms with Crippen LogP contribution in [0.3, 0.4) is 0 Å². The highest BCUT2D eigenvalue weighted by atomic mass is 127. The van der Waals surface area contributed by atoms with Gasteiger partial charge < -0.3 is 4.74 Å². The van der Waals surface area contributed by atoms with E-state index in [1.165, 1.54) is 0 Å². The monoisotopic (exact) mass is 636 g/mol. The van der Waals surface area contributed by atoms with Crippen LogP contribution in [0.4, 0.5) is 0 Å². The van der Waals surface area contributed by atoms with Crippen molar-refractivity contribution in [3.05, 3.63) is 45.7 Å². The lowest BCUT2D eigenvalue weighted by atomic mass is 10.1. The molecule has 0 unspecified atom stereocenters. The van der Waals surface area contributed by atoms with Crippen LogP contribution in [0.1, 0.15) is 21.8 Å². The normalized spacial score (nSPS) is 11.0. The van der Waals surface area contributed by atoms with Gasteiger partial charge in [-0.15, -0.1) is 11.3 Å². The number of aryl methyl sites for hydroxylation is 1. The minimum absolute atomic E-state index is 0.194. The van der Waals surface area contributed by atoms with Crippen LogP contribution in [0.2, 0.25) is 0 Å². The van der Waals surface area contributed by atoms with E-state index in [2.05, 4.69) is 95.6 Å². The number of nitrogens with zero attached hydrogens (tertiary/aromatic N) is 2. The third-order valence-electron chi connectivity index (χ3n) is 2.41. The van der Waals surface area contributed by atoms with Crippen molar-refractivity contribution in [2.75, 3.05) is 6.61 Å². The summed E-state index contributed by atoms with van der Waals surface area (Å²) in [4.78, 5) is 8.56. The maximum Gasteiger partial charge on any atom is 0.220 e. The Labute approximate surface area is 169 Å². The number of thiazole rings is 1. The fourth-order valence-electron chi connectivity index (χ4n) is 1.53. The zero-order valence-corrected chi connectivity index (χ0v) is 18.4. The van der Waals surface area contributed by atoms with Crippen LogP contribution >= 0.6 is 79.1 Å². The molecule has 0 bridgehead atoms. The third-order valence-corrected chi connectivity index (χ3v) is 4.11. The summed E-state index contributed by atoms with van der Waals surface area (Å²) in [5, 5.41) is 3.00. The first-order valence-electron chi connectivity index (χ1n) is 6.01. The standard InChI is InChI=1S/C14H11I3N2OS/c1-10-19-13(9-21-10)3-2-11-6-12(8-18-7-11)4-5-20-14(15,16)17/h6-9H,4-5H2,1H3. The molecule has 21 heavy (non-hydrogen) atoms. The predicted octanol–water partition coefficient (Wildman–Crippen LogP) is 4.72. The molecule has 0 saturated carbocycles. The van der Waals surface area contributed by atoms with Crippen molar-refractivity contribution in [1.82, 2.24) is 9.97 Å². The molecule has 0 N–H and O–H groups in total. The SMILES string of the molecule is Cc1nc(C#Cc2cncc(CCOC(I)(I)I)c2)cs1. The van der Waals surface area contributed by atoms with E-state index in [1.807, 2.05) is 18.5 Å². The summed E-state index contributed by atoms with van der Waals surface area (Å²) < 4.78 is 5.50. The van der Waals surface area contributed by atoms with Crippen LogP contribution in [0.5, 0.6) is 0 Å². The number of pyridine rings is 1. The van der Waals surface area contributed by atoms with Crippen molar-refractivity contribution in [2.24, 2.45) is 0 Å². The first-order valence-corrected chi connectivity index (χ1v) is 10.1. The molecule has 2 heterocycles. The fourth-order valence-corrected chi connectivity index (χ4v) is 2.74. The quantitative estimate of drug-likeness (QED) is 0.277. The van der Waals surface area contributed by atoms with Gasteiger partial charge in [-0.3, -0.25) is 4.98 Å². The second kappa shape index (κ2) is 8.37. The second-order valence-corrected chi connectivity index (χ2v) is 15.9. The van der Waals surface area contributed by atoms with Crippen LogP contribution in [-0.4, -0.2) is 16.2 Å². The number of ether oxygens (including phenoxy) is 1. The molecule has 7 heteroatoms. The maximum atomic E-state index is 5.69. The molecule has 0 aliphatic rings. The highest BCUT2D eigenvalue weighted by Crippen LogP contribution is 2.36. The average molecular weight is 636 g/mol. The summed E-state index contributed by atoms with van der Waals surface area (Å²) in [6.45, 7) is 2.64. The Bertz CT molecular complexity index is 671. The van der Waals surface area contributed by atoms with Gasteiger partial charge in [0.25, 0.3) is 0 Å². The third kappa shape index (κ3) is 7.06. The highest BCUT2D eigenvalue weighted by molar-refractivity contribution is 14.3. The molecule has 0 aliphatic carbocycles. The van der Waals surface area contributed by atoms with E-state index < -0.39 is 0 Å². The maximum absolute atomic E-state index is 5.69. The van der Waals surface area contributed by atoms with Crippen molar-refractivity contribution in [2.45, 2.75) is 13.0 Å². The Morgan fingerprint density at radius 3 is 2.76 bits per heavy atom. The summed E-state index contributed by atoms with van der Waals surface area (Å²) in [6, 6.07) is 2.05. The molecule has 0 aromatic carbocycles. The summed E-state index contributed by atoms with van der Waals surface area (Å²) in [7, 11) is 0. The number of hydrogen-bond donors (Lipinski definition) is 0. The molecular weight excluding hydrogens is 625 g/mol. The van der Waals surface area contributed by atoms with Crippen molar-refractivity contribution in [1.29, 1.82) is 0 Å². The van der Waals surface area contributed by atoms with Crippen molar-refractivity contribution >= 4 is 79.1 Å². The Hall–Kier alpha value is 0.490. The number of hydrogen-bond acceptors (Lipinski definition) is 4. The summed E-state index contributed by atoms with van der Waals surface area (Å²) in [5.74, 6) is 6.17. The molecule has 2 rings (SSSR count). The van der Waals surface area contributed by atoms with Crippen LogP contribution in [0, 0.1) is 18.8 Å². The first-order chi connectivity index (χ1) is 9.92. The average Bonchev–Trinajstić information content (AvgIpc) is 2.81. The van der Waals surface area contributed by atoms with Gasteiger partial charge in [-0.25, -0.2) is 4.98 Å². The van der Waals surface area contributed by atoms with Gasteiger partial charge in [0.1, 0.15) is 5.69 Å². The second-order valence-electron chi connectivity index (χ2n) is 4.13. The first kappa shape index (κ1) is 17.8. The van der Waals surface area contributed by atoms with E-state index in [-0.39, 0.29) is -0.379 Å². The smallest absolute Gasteiger partial charge is 0.220 e. The number of rotatable bonds is 4. The Morgan fingerprint density at radius 2 is 2.10 bits per heavy atom. The number of alkyl halides is 3. The van der Waals surface area contributed by atoms with Gasteiger partial charge in [0.15, 0.2) is 0 Å². The lowest BCUT2D eigenvalue weighted by Gasteiger charge is -2.13. The number of halogens is 3. The molecule has 0 spiro atoms. The fraction of sp³-hybridized carbons (Fsp3) is 0.286. The lowest BCUT2D eigenvalue weighted by Crippen LogP contribution is -2.09. The minimum Gasteiger partial charge on any atom is -0.347 e. The van der Waals surface area contributed by atoms with E-state index in [0.29, 0.717) is 6.61 Å². The molecule has 2 aromatic heterocycles. The van der Waals surface area contributed by atoms with E-state index in [4.69, 9.17) is 4.74 Å². The van der Waals surface area contributed by atoms with Gasteiger partial charge in [-0.1, -0.05) is 5.92 Å². The largest absolute Gasteiger partial charge is 0.347 e. The van der Waals surface area contributed by atoms with Gasteiger partial charge in [0.05, 0.1) is 11.6 Å². The van der Waals surface area contributed by atoms with Crippen molar-refractivity contribution < 1.29 is 4.74 Å². The van der Waals surface area contributed by atoms with Gasteiger partial charge in [0, 0.05) is 23.3 Å². The lowest BCUT2D eigenvalue weighted by molar-refractivity contribution is 0.175. The Kier molecular flexibility index (Phi) is 7.11. The molecule has 0 fully saturated rings. The van der Waals surface area contributed by atoms with Crippen LogP contribution < -0.4 is 0 Å². The summed E-state index contributed by atoms with van der Waals surface area (Å²) >= 11 is 8.37. The molecule has 0 amide bonds. The van der Waals surface area contributed by atoms with Crippen molar-refractivity contribution in [3.8, 4) is 11.8 Å². The Morgan fingerprint density at radius 1 is 1.29 bits per heavy atom. The van der Waals surface area contributed by atoms with Crippen LogP contribution in [-0.2, 0) is 11.2 Å². The van der Waals surface area contributed by atoms with Gasteiger partial charge in [-0.2, -0.15) is 0 Å². The van der Waals surface area contributed by atoms with E-state index >= 15 is 0 Å². The van der Waals surface area contributed by atoms with E-state index in [0.717, 1.165) is 28.2 Å². The molecule has 3 nitrogen and oxygen atoms in total. The summed E-state index contributed by atoms with van der Waals surface area (Å²) in [5.41, 5.74) is 2.85. The molecule has 2 aromatic rings. The zero-order chi connectivity index (χ0) is 15.3. The van der Waals surface area contributed by atoms with E-state index in [9.17, 15) is 0 Å². The number of aromatic nitrogens is 2. The molecule has 0 atom stereocenters. The molecular formula is C14H11I3N2OS. The van der Waals surface area contributed by atoms with Crippen LogP contribution in [0.15, 0.2) is 23.8 Å². The van der Waals surface area contributed by atoms with Gasteiger partial charge in [-0.05, 0) is 98.7 Å². The zero-order valence-electron chi connectivity index (χ0n) is 11.1. The van der Waals surface area contributed by atoms with Crippen molar-refractivity contribution in [3.63, 3.8) is 0 Å². The Balaban J connectivity index is 1.99. The molecule has 0 aliphatic heterocycles. The summed E-state index contributed by atoms with van der Waals surface area (Å²) in [6.07, 6.45) is 4.46. The van der Waals surface area contributed by atoms with E-state index in [1.54, 1.807) is 17.5 Å².